The average Bonchev–Trinajstić information content (AvgIpc) is 2.52. The molecule has 0 bridgehead atoms. The fourth-order valence-corrected chi connectivity index (χ4v) is 2.05. The molecule has 0 atom stereocenters. The van der Waals surface area contributed by atoms with Crippen LogP contribution >= 0.6 is 0 Å². The molecule has 1 aromatic carbocycles. The van der Waals surface area contributed by atoms with Gasteiger partial charge in [0.15, 0.2) is 0 Å². The highest BCUT2D eigenvalue weighted by molar-refractivity contribution is 5.70. The summed E-state index contributed by atoms with van der Waals surface area (Å²) in [5.41, 5.74) is 3.44. The second-order valence-electron chi connectivity index (χ2n) is 4.51. The van der Waals surface area contributed by atoms with Gasteiger partial charge in [-0.2, -0.15) is 0 Å². The molecule has 0 saturated heterocycles. The highest BCUT2D eigenvalue weighted by Gasteiger charge is 2.02. The molecule has 0 saturated carbocycles. The van der Waals surface area contributed by atoms with Crippen LogP contribution in [0.25, 0.3) is 12.2 Å². The maximum Gasteiger partial charge on any atom is 0.0606 e. The van der Waals surface area contributed by atoms with E-state index in [0.29, 0.717) is 6.54 Å². The molecule has 20 heavy (non-hydrogen) atoms. The minimum absolute atomic E-state index is 0.178. The topological polar surface area (TPSA) is 36.4 Å². The highest BCUT2D eigenvalue weighted by atomic mass is 16.3. The van der Waals surface area contributed by atoms with Gasteiger partial charge in [-0.05, 0) is 42.3 Å². The molecular formula is C17H20N2O. The van der Waals surface area contributed by atoms with Crippen LogP contribution in [0, 0.1) is 0 Å². The van der Waals surface area contributed by atoms with Crippen LogP contribution in [-0.2, 0) is 0 Å². The van der Waals surface area contributed by atoms with Crippen LogP contribution in [0.2, 0.25) is 0 Å². The third-order valence-corrected chi connectivity index (χ3v) is 3.18. The van der Waals surface area contributed by atoms with Gasteiger partial charge in [0.05, 0.1) is 6.61 Å². The van der Waals surface area contributed by atoms with Crippen LogP contribution in [0.1, 0.15) is 18.1 Å². The summed E-state index contributed by atoms with van der Waals surface area (Å²) in [4.78, 5) is 6.15. The summed E-state index contributed by atoms with van der Waals surface area (Å²) in [5.74, 6) is 0. The van der Waals surface area contributed by atoms with E-state index in [1.165, 1.54) is 0 Å². The van der Waals surface area contributed by atoms with E-state index in [0.717, 1.165) is 23.4 Å². The van der Waals surface area contributed by atoms with Gasteiger partial charge >= 0.3 is 0 Å². The normalized spacial score (nSPS) is 10.9. The van der Waals surface area contributed by atoms with Gasteiger partial charge in [0.25, 0.3) is 0 Å². The molecular weight excluding hydrogens is 248 g/mol. The number of hydrogen-bond donors (Lipinski definition) is 1. The van der Waals surface area contributed by atoms with Gasteiger partial charge in [-0.15, -0.1) is 0 Å². The van der Waals surface area contributed by atoms with Crippen molar-refractivity contribution in [3.63, 3.8) is 0 Å². The number of benzene rings is 1. The summed E-state index contributed by atoms with van der Waals surface area (Å²) in [6.45, 7) is 3.83. The predicted octanol–water partition coefficient (Wildman–Crippen LogP) is 3.07. The van der Waals surface area contributed by atoms with E-state index >= 15 is 0 Å². The fourth-order valence-electron chi connectivity index (χ4n) is 2.05. The first-order chi connectivity index (χ1) is 9.83. The van der Waals surface area contributed by atoms with Gasteiger partial charge in [-0.25, -0.2) is 0 Å². The Hall–Kier alpha value is -2.13. The van der Waals surface area contributed by atoms with Crippen LogP contribution in [0.3, 0.4) is 0 Å². The summed E-state index contributed by atoms with van der Waals surface area (Å²) in [7, 11) is 0. The summed E-state index contributed by atoms with van der Waals surface area (Å²) < 4.78 is 0. The van der Waals surface area contributed by atoms with Crippen molar-refractivity contribution >= 4 is 17.8 Å². The van der Waals surface area contributed by atoms with Gasteiger partial charge in [0.2, 0.25) is 0 Å². The standard InChI is InChI=1S/C17H20N2O/c1-2-19(13-14-20)17-7-5-15(6-8-17)3-4-16-9-11-18-12-10-16/h3-12,20H,2,13-14H2,1H3/b4-3+. The maximum absolute atomic E-state index is 9.04. The Morgan fingerprint density at radius 3 is 2.15 bits per heavy atom. The van der Waals surface area contributed by atoms with Crippen molar-refractivity contribution in [2.45, 2.75) is 6.92 Å². The van der Waals surface area contributed by atoms with E-state index in [-0.39, 0.29) is 6.61 Å². The van der Waals surface area contributed by atoms with E-state index in [9.17, 15) is 0 Å². The van der Waals surface area contributed by atoms with E-state index in [2.05, 4.69) is 53.2 Å². The molecule has 0 aliphatic rings. The Morgan fingerprint density at radius 2 is 1.60 bits per heavy atom. The van der Waals surface area contributed by atoms with Crippen molar-refractivity contribution in [3.8, 4) is 0 Å². The molecule has 0 fully saturated rings. The zero-order valence-corrected chi connectivity index (χ0v) is 11.7. The molecule has 1 aromatic heterocycles. The number of rotatable bonds is 6. The quantitative estimate of drug-likeness (QED) is 0.874. The molecule has 0 amide bonds. The average molecular weight is 268 g/mol. The predicted molar refractivity (Wildman–Crippen MR) is 84.6 cm³/mol. The lowest BCUT2D eigenvalue weighted by atomic mass is 10.1. The minimum atomic E-state index is 0.178. The lowest BCUT2D eigenvalue weighted by molar-refractivity contribution is 0.302. The third kappa shape index (κ3) is 3.93. The number of pyridine rings is 1. The van der Waals surface area contributed by atoms with E-state index < -0.39 is 0 Å². The zero-order chi connectivity index (χ0) is 14.2. The molecule has 1 N–H and O–H groups in total. The molecule has 1 heterocycles. The molecule has 104 valence electrons. The summed E-state index contributed by atoms with van der Waals surface area (Å²) in [5, 5.41) is 9.04. The van der Waals surface area contributed by atoms with Gasteiger partial charge in [-0.3, -0.25) is 4.98 Å². The summed E-state index contributed by atoms with van der Waals surface area (Å²) in [6.07, 6.45) is 7.73. The molecule has 2 rings (SSSR count). The molecule has 0 radical (unpaired) electrons. The van der Waals surface area contributed by atoms with E-state index in [1.807, 2.05) is 12.1 Å². The molecule has 0 spiro atoms. The van der Waals surface area contributed by atoms with Gasteiger partial charge < -0.3 is 10.0 Å². The van der Waals surface area contributed by atoms with Gasteiger partial charge in [-0.1, -0.05) is 24.3 Å². The molecule has 3 heteroatoms. The molecule has 3 nitrogen and oxygen atoms in total. The zero-order valence-electron chi connectivity index (χ0n) is 11.7. The second kappa shape index (κ2) is 7.46. The summed E-state index contributed by atoms with van der Waals surface area (Å²) in [6, 6.07) is 12.3. The number of aliphatic hydroxyl groups is 1. The first-order valence-electron chi connectivity index (χ1n) is 6.87. The van der Waals surface area contributed by atoms with Crippen molar-refractivity contribution in [1.29, 1.82) is 0 Å². The molecule has 0 unspecified atom stereocenters. The van der Waals surface area contributed by atoms with Gasteiger partial charge in [0, 0.05) is 31.2 Å². The Bertz CT molecular complexity index is 535. The number of likely N-dealkylation sites (N-methyl/N-ethyl adjacent to an activating group) is 1. The lowest BCUT2D eigenvalue weighted by Crippen LogP contribution is -2.25. The van der Waals surface area contributed by atoms with E-state index in [4.69, 9.17) is 5.11 Å². The number of anilines is 1. The van der Waals surface area contributed by atoms with Crippen LogP contribution in [0.5, 0.6) is 0 Å². The van der Waals surface area contributed by atoms with Gasteiger partial charge in [0.1, 0.15) is 0 Å². The van der Waals surface area contributed by atoms with E-state index in [1.54, 1.807) is 12.4 Å². The first kappa shape index (κ1) is 14.3. The number of aromatic nitrogens is 1. The SMILES string of the molecule is CCN(CCO)c1ccc(/C=C/c2ccncc2)cc1. The van der Waals surface area contributed by atoms with Crippen LogP contribution in [0.4, 0.5) is 5.69 Å². The maximum atomic E-state index is 9.04. The monoisotopic (exact) mass is 268 g/mol. The Balaban J connectivity index is 2.06. The van der Waals surface area contributed by atoms with Crippen molar-refractivity contribution < 1.29 is 5.11 Å². The first-order valence-corrected chi connectivity index (χ1v) is 6.87. The summed E-state index contributed by atoms with van der Waals surface area (Å²) >= 11 is 0. The minimum Gasteiger partial charge on any atom is -0.395 e. The molecule has 2 aromatic rings. The lowest BCUT2D eigenvalue weighted by Gasteiger charge is -2.21. The smallest absolute Gasteiger partial charge is 0.0606 e. The fraction of sp³-hybridized carbons (Fsp3) is 0.235. The molecule has 0 aliphatic carbocycles. The second-order valence-corrected chi connectivity index (χ2v) is 4.51. The number of nitrogens with zero attached hydrogens (tertiary/aromatic N) is 2. The largest absolute Gasteiger partial charge is 0.395 e. The third-order valence-electron chi connectivity index (χ3n) is 3.18. The molecule has 0 aliphatic heterocycles. The van der Waals surface area contributed by atoms with Crippen LogP contribution in [-0.4, -0.2) is 29.8 Å². The van der Waals surface area contributed by atoms with Crippen molar-refractivity contribution in [1.82, 2.24) is 4.98 Å². The number of hydrogen-bond acceptors (Lipinski definition) is 3. The number of aliphatic hydroxyl groups excluding tert-OH is 1. The van der Waals surface area contributed by atoms with Crippen molar-refractivity contribution in [3.05, 3.63) is 59.9 Å². The van der Waals surface area contributed by atoms with Crippen LogP contribution in [0.15, 0.2) is 48.8 Å². The Morgan fingerprint density at radius 1 is 1.00 bits per heavy atom. The Kier molecular flexibility index (Phi) is 5.33. The Labute approximate surface area is 120 Å². The van der Waals surface area contributed by atoms with Crippen molar-refractivity contribution in [2.75, 3.05) is 24.6 Å². The van der Waals surface area contributed by atoms with Crippen LogP contribution < -0.4 is 4.90 Å². The highest BCUT2D eigenvalue weighted by Crippen LogP contribution is 2.16. The van der Waals surface area contributed by atoms with Crippen molar-refractivity contribution in [2.24, 2.45) is 0 Å².